The van der Waals surface area contributed by atoms with Gasteiger partial charge >= 0.3 is 0 Å². The van der Waals surface area contributed by atoms with Crippen molar-refractivity contribution in [1.29, 1.82) is 0 Å². The number of nitrogens with one attached hydrogen (secondary N) is 1. The Balaban J connectivity index is 1.69. The van der Waals surface area contributed by atoms with Crippen LogP contribution in [0.15, 0.2) is 43.0 Å². The first kappa shape index (κ1) is 18.1. The number of nitrogens with zero attached hydrogens (tertiary/aromatic N) is 3. The van der Waals surface area contributed by atoms with Crippen LogP contribution < -0.4 is 4.72 Å². The molecule has 0 spiro atoms. The van der Waals surface area contributed by atoms with Crippen molar-refractivity contribution in [3.05, 3.63) is 48.5 Å². The van der Waals surface area contributed by atoms with Gasteiger partial charge in [-0.1, -0.05) is 18.2 Å². The Morgan fingerprint density at radius 3 is 2.96 bits per heavy atom. The van der Waals surface area contributed by atoms with Gasteiger partial charge in [-0.25, -0.2) is 4.98 Å². The number of hydrogen-bond acceptors (Lipinski definition) is 4. The number of benzene rings is 1. The molecule has 136 valence electrons. The van der Waals surface area contributed by atoms with E-state index in [0.717, 1.165) is 24.1 Å². The van der Waals surface area contributed by atoms with Gasteiger partial charge in [0.25, 0.3) is 10.2 Å². The topological polar surface area (TPSA) is 76.5 Å². The van der Waals surface area contributed by atoms with Crippen molar-refractivity contribution in [2.24, 2.45) is 5.92 Å². The first-order chi connectivity index (χ1) is 12.1. The molecule has 1 N–H and O–H groups in total. The number of imidazole rings is 1. The van der Waals surface area contributed by atoms with Gasteiger partial charge in [0.2, 0.25) is 0 Å². The summed E-state index contributed by atoms with van der Waals surface area (Å²) in [5.41, 5.74) is 1.81. The Morgan fingerprint density at radius 2 is 2.20 bits per heavy atom. The number of ether oxygens (including phenoxy) is 1. The van der Waals surface area contributed by atoms with Crippen LogP contribution in [0.3, 0.4) is 0 Å². The third kappa shape index (κ3) is 4.46. The number of piperidine rings is 1. The Labute approximate surface area is 148 Å². The van der Waals surface area contributed by atoms with Gasteiger partial charge in [-0.05, 0) is 30.4 Å². The molecule has 1 aromatic carbocycles. The largest absolute Gasteiger partial charge is 0.384 e. The standard InChI is InChI=1S/C17H24N4O3S/c1-24-13-15-5-4-9-21(12-15)25(22,23)19-11-16-6-2-3-7-17(16)20-10-8-18-14-20/h2-3,6-8,10,14-15,19H,4-5,9,11-13H2,1H3. The van der Waals surface area contributed by atoms with E-state index in [9.17, 15) is 8.42 Å². The molecule has 0 aliphatic carbocycles. The molecule has 2 heterocycles. The number of hydrogen-bond donors (Lipinski definition) is 1. The molecule has 0 amide bonds. The molecule has 1 atom stereocenters. The van der Waals surface area contributed by atoms with Crippen molar-refractivity contribution in [2.45, 2.75) is 19.4 Å². The fourth-order valence-electron chi connectivity index (χ4n) is 3.19. The van der Waals surface area contributed by atoms with E-state index in [-0.39, 0.29) is 12.5 Å². The van der Waals surface area contributed by atoms with E-state index in [1.54, 1.807) is 19.6 Å². The molecular weight excluding hydrogens is 340 g/mol. The highest BCUT2D eigenvalue weighted by Gasteiger charge is 2.28. The van der Waals surface area contributed by atoms with E-state index in [2.05, 4.69) is 9.71 Å². The van der Waals surface area contributed by atoms with E-state index < -0.39 is 10.2 Å². The first-order valence-electron chi connectivity index (χ1n) is 8.40. The van der Waals surface area contributed by atoms with Gasteiger partial charge < -0.3 is 9.30 Å². The normalized spacial score (nSPS) is 19.2. The lowest BCUT2D eigenvalue weighted by molar-refractivity contribution is 0.118. The van der Waals surface area contributed by atoms with Crippen LogP contribution in [-0.2, 0) is 21.5 Å². The van der Waals surface area contributed by atoms with Gasteiger partial charge in [0.15, 0.2) is 0 Å². The van der Waals surface area contributed by atoms with Crippen LogP contribution in [0.2, 0.25) is 0 Å². The summed E-state index contributed by atoms with van der Waals surface area (Å²) in [5.74, 6) is 0.258. The zero-order chi connectivity index (χ0) is 17.7. The monoisotopic (exact) mass is 364 g/mol. The summed E-state index contributed by atoms with van der Waals surface area (Å²) < 4.78 is 36.6. The van der Waals surface area contributed by atoms with E-state index in [0.29, 0.717) is 19.7 Å². The Bertz CT molecular complexity index is 775. The molecule has 8 heteroatoms. The second-order valence-corrected chi connectivity index (χ2v) is 8.00. The quantitative estimate of drug-likeness (QED) is 0.809. The summed E-state index contributed by atoms with van der Waals surface area (Å²) in [7, 11) is -1.86. The van der Waals surface area contributed by atoms with Gasteiger partial charge in [-0.15, -0.1) is 0 Å². The highest BCUT2D eigenvalue weighted by Crippen LogP contribution is 2.20. The molecular formula is C17H24N4O3S. The Morgan fingerprint density at radius 1 is 1.36 bits per heavy atom. The molecule has 1 fully saturated rings. The van der Waals surface area contributed by atoms with Crippen LogP contribution in [-0.4, -0.2) is 49.1 Å². The molecule has 0 saturated carbocycles. The minimum absolute atomic E-state index is 0.238. The van der Waals surface area contributed by atoms with Crippen LogP contribution in [0.25, 0.3) is 5.69 Å². The van der Waals surface area contributed by atoms with E-state index >= 15 is 0 Å². The van der Waals surface area contributed by atoms with Crippen LogP contribution in [0.4, 0.5) is 0 Å². The smallest absolute Gasteiger partial charge is 0.279 e. The van der Waals surface area contributed by atoms with Gasteiger partial charge in [0, 0.05) is 39.1 Å². The molecule has 3 rings (SSSR count). The summed E-state index contributed by atoms with van der Waals surface area (Å²) in [6.07, 6.45) is 7.11. The first-order valence-corrected chi connectivity index (χ1v) is 9.84. The lowest BCUT2D eigenvalue weighted by Gasteiger charge is -2.31. The van der Waals surface area contributed by atoms with E-state index in [4.69, 9.17) is 4.74 Å². The van der Waals surface area contributed by atoms with E-state index in [1.807, 2.05) is 35.0 Å². The molecule has 1 aliphatic rings. The van der Waals surface area contributed by atoms with Crippen molar-refractivity contribution >= 4 is 10.2 Å². The van der Waals surface area contributed by atoms with Crippen molar-refractivity contribution in [2.75, 3.05) is 26.8 Å². The van der Waals surface area contributed by atoms with Crippen molar-refractivity contribution in [3.8, 4) is 5.69 Å². The zero-order valence-electron chi connectivity index (χ0n) is 14.3. The fraction of sp³-hybridized carbons (Fsp3) is 0.471. The lowest BCUT2D eigenvalue weighted by atomic mass is 10.0. The maximum Gasteiger partial charge on any atom is 0.279 e. The highest BCUT2D eigenvalue weighted by atomic mass is 32.2. The number of aromatic nitrogens is 2. The molecule has 2 aromatic rings. The third-order valence-electron chi connectivity index (χ3n) is 4.44. The predicted octanol–water partition coefficient (Wildman–Crippen LogP) is 1.57. The van der Waals surface area contributed by atoms with Crippen molar-refractivity contribution < 1.29 is 13.2 Å². The number of methoxy groups -OCH3 is 1. The van der Waals surface area contributed by atoms with Gasteiger partial charge in [0.1, 0.15) is 0 Å². The van der Waals surface area contributed by atoms with Gasteiger partial charge in [-0.3, -0.25) is 0 Å². The van der Waals surface area contributed by atoms with Crippen LogP contribution >= 0.6 is 0 Å². The SMILES string of the molecule is COCC1CCCN(S(=O)(=O)NCc2ccccc2-n2ccnc2)C1. The Kier molecular flexibility index (Phi) is 5.85. The molecule has 1 aromatic heterocycles. The zero-order valence-corrected chi connectivity index (χ0v) is 15.2. The predicted molar refractivity (Wildman–Crippen MR) is 95.5 cm³/mol. The molecule has 25 heavy (non-hydrogen) atoms. The minimum atomic E-state index is -3.52. The van der Waals surface area contributed by atoms with Crippen LogP contribution in [0, 0.1) is 5.92 Å². The highest BCUT2D eigenvalue weighted by molar-refractivity contribution is 7.87. The Hall–Kier alpha value is -1.74. The summed E-state index contributed by atoms with van der Waals surface area (Å²) in [6.45, 7) is 1.89. The maximum atomic E-state index is 12.7. The molecule has 1 aliphatic heterocycles. The lowest BCUT2D eigenvalue weighted by Crippen LogP contribution is -2.46. The average Bonchev–Trinajstić information content (AvgIpc) is 3.15. The van der Waals surface area contributed by atoms with Gasteiger partial charge in [-0.2, -0.15) is 17.4 Å². The second-order valence-electron chi connectivity index (χ2n) is 6.25. The third-order valence-corrected chi connectivity index (χ3v) is 5.96. The summed E-state index contributed by atoms with van der Waals surface area (Å²) >= 11 is 0. The number of rotatable bonds is 7. The fourth-order valence-corrected chi connectivity index (χ4v) is 4.49. The second kappa shape index (κ2) is 8.09. The molecule has 7 nitrogen and oxygen atoms in total. The van der Waals surface area contributed by atoms with Gasteiger partial charge in [0.05, 0.1) is 18.6 Å². The maximum absolute atomic E-state index is 12.7. The van der Waals surface area contributed by atoms with E-state index in [1.165, 1.54) is 4.31 Å². The molecule has 0 bridgehead atoms. The van der Waals surface area contributed by atoms with Crippen molar-refractivity contribution in [1.82, 2.24) is 18.6 Å². The molecule has 1 saturated heterocycles. The minimum Gasteiger partial charge on any atom is -0.384 e. The molecule has 0 radical (unpaired) electrons. The summed E-state index contributed by atoms with van der Waals surface area (Å²) in [5, 5.41) is 0. The summed E-state index contributed by atoms with van der Waals surface area (Å²) in [6, 6.07) is 7.69. The number of para-hydroxylation sites is 1. The molecule has 1 unspecified atom stereocenters. The van der Waals surface area contributed by atoms with Crippen LogP contribution in [0.1, 0.15) is 18.4 Å². The van der Waals surface area contributed by atoms with Crippen LogP contribution in [0.5, 0.6) is 0 Å². The van der Waals surface area contributed by atoms with Crippen molar-refractivity contribution in [3.63, 3.8) is 0 Å². The summed E-state index contributed by atoms with van der Waals surface area (Å²) in [4.78, 5) is 4.05. The average molecular weight is 364 g/mol.